The quantitative estimate of drug-likeness (QED) is 0.792. The van der Waals surface area contributed by atoms with Crippen LogP contribution in [0.5, 0.6) is 5.75 Å². The summed E-state index contributed by atoms with van der Waals surface area (Å²) in [5.74, 6) is -0.890. The number of aromatic carboxylic acids is 1. The van der Waals surface area contributed by atoms with Crippen LogP contribution >= 0.6 is 11.3 Å². The maximum Gasteiger partial charge on any atom is 0.339 e. The lowest BCUT2D eigenvalue weighted by molar-refractivity contribution is 0.0693. The largest absolute Gasteiger partial charge is 0.496 e. The fourth-order valence-corrected chi connectivity index (χ4v) is 2.37. The van der Waals surface area contributed by atoms with Crippen LogP contribution < -0.4 is 15.4 Å². The molecule has 2 aromatic rings. The Morgan fingerprint density at radius 2 is 2.14 bits per heavy atom. The van der Waals surface area contributed by atoms with Gasteiger partial charge in [-0.2, -0.15) is 11.3 Å². The maximum atomic E-state index is 11.8. The number of anilines is 1. The Balaban J connectivity index is 1.99. The Bertz CT molecular complexity index is 640. The van der Waals surface area contributed by atoms with Crippen LogP contribution in [0.25, 0.3) is 0 Å². The molecule has 0 aliphatic heterocycles. The average Bonchev–Trinajstić information content (AvgIpc) is 2.98. The molecule has 0 atom stereocenters. The molecule has 1 heterocycles. The summed E-state index contributed by atoms with van der Waals surface area (Å²) in [5.41, 5.74) is 1.52. The average molecular weight is 306 g/mol. The second-order valence-corrected chi connectivity index (χ2v) is 4.94. The van der Waals surface area contributed by atoms with Gasteiger partial charge >= 0.3 is 12.0 Å². The van der Waals surface area contributed by atoms with Gasteiger partial charge in [0.15, 0.2) is 0 Å². The smallest absolute Gasteiger partial charge is 0.339 e. The number of nitrogens with one attached hydrogen (secondary N) is 2. The van der Waals surface area contributed by atoms with E-state index in [1.54, 1.807) is 11.3 Å². The number of ether oxygens (including phenoxy) is 1. The molecule has 110 valence electrons. The minimum absolute atomic E-state index is 0.0433. The zero-order valence-electron chi connectivity index (χ0n) is 11.3. The van der Waals surface area contributed by atoms with Gasteiger partial charge in [0.25, 0.3) is 0 Å². The lowest BCUT2D eigenvalue weighted by atomic mass is 10.2. The molecule has 0 spiro atoms. The molecule has 0 saturated carbocycles. The number of carbonyl (C=O) groups is 2. The van der Waals surface area contributed by atoms with E-state index < -0.39 is 5.97 Å². The van der Waals surface area contributed by atoms with E-state index in [1.165, 1.54) is 25.3 Å². The zero-order chi connectivity index (χ0) is 15.2. The summed E-state index contributed by atoms with van der Waals surface area (Å²) >= 11 is 1.56. The highest BCUT2D eigenvalue weighted by molar-refractivity contribution is 7.07. The maximum absolute atomic E-state index is 11.8. The van der Waals surface area contributed by atoms with E-state index in [4.69, 9.17) is 9.84 Å². The van der Waals surface area contributed by atoms with Crippen LogP contribution in [0, 0.1) is 0 Å². The number of methoxy groups -OCH3 is 1. The predicted octanol–water partition coefficient (Wildman–Crippen LogP) is 2.78. The summed E-state index contributed by atoms with van der Waals surface area (Å²) in [6, 6.07) is 5.92. The molecule has 1 aromatic carbocycles. The molecule has 21 heavy (non-hydrogen) atoms. The Hall–Kier alpha value is -2.54. The standard InChI is InChI=1S/C14H14N2O4S/c1-20-12-6-10(2-3-11(12)13(17)18)16-14(19)15-7-9-4-5-21-8-9/h2-6,8H,7H2,1H3,(H,17,18)(H2,15,16,19). The molecule has 0 fully saturated rings. The lowest BCUT2D eigenvalue weighted by Gasteiger charge is -2.10. The summed E-state index contributed by atoms with van der Waals surface area (Å²) in [7, 11) is 1.38. The van der Waals surface area contributed by atoms with Gasteiger partial charge in [0.1, 0.15) is 11.3 Å². The Kier molecular flexibility index (Phi) is 4.78. The molecule has 0 unspecified atom stereocenters. The van der Waals surface area contributed by atoms with Crippen molar-refractivity contribution in [3.63, 3.8) is 0 Å². The van der Waals surface area contributed by atoms with Crippen LogP contribution in [0.1, 0.15) is 15.9 Å². The second-order valence-electron chi connectivity index (χ2n) is 4.16. The van der Waals surface area contributed by atoms with Crippen molar-refractivity contribution in [2.24, 2.45) is 0 Å². The monoisotopic (exact) mass is 306 g/mol. The van der Waals surface area contributed by atoms with Crippen molar-refractivity contribution in [3.05, 3.63) is 46.2 Å². The van der Waals surface area contributed by atoms with Crippen LogP contribution in [0.4, 0.5) is 10.5 Å². The van der Waals surface area contributed by atoms with Gasteiger partial charge in [-0.3, -0.25) is 0 Å². The highest BCUT2D eigenvalue weighted by atomic mass is 32.1. The fourth-order valence-electron chi connectivity index (χ4n) is 1.70. The van der Waals surface area contributed by atoms with Crippen molar-refractivity contribution in [3.8, 4) is 5.75 Å². The molecule has 0 aliphatic rings. The molecule has 2 rings (SSSR count). The second kappa shape index (κ2) is 6.76. The van der Waals surface area contributed by atoms with E-state index in [9.17, 15) is 9.59 Å². The topological polar surface area (TPSA) is 87.7 Å². The zero-order valence-corrected chi connectivity index (χ0v) is 12.1. The third-order valence-corrected chi connectivity index (χ3v) is 3.46. The first-order valence-corrected chi connectivity index (χ1v) is 7.01. The normalized spacial score (nSPS) is 9.95. The highest BCUT2D eigenvalue weighted by Gasteiger charge is 2.12. The number of thiophene rings is 1. The molecule has 2 amide bonds. The summed E-state index contributed by atoms with van der Waals surface area (Å²) in [6.07, 6.45) is 0. The highest BCUT2D eigenvalue weighted by Crippen LogP contribution is 2.23. The van der Waals surface area contributed by atoms with Gasteiger partial charge in [0, 0.05) is 18.3 Å². The van der Waals surface area contributed by atoms with Crippen LogP contribution in [-0.4, -0.2) is 24.2 Å². The number of benzene rings is 1. The van der Waals surface area contributed by atoms with Gasteiger partial charge in [0.2, 0.25) is 0 Å². The Morgan fingerprint density at radius 1 is 1.33 bits per heavy atom. The van der Waals surface area contributed by atoms with Crippen molar-refractivity contribution in [2.45, 2.75) is 6.54 Å². The van der Waals surface area contributed by atoms with Crippen molar-refractivity contribution in [1.29, 1.82) is 0 Å². The molecule has 1 aromatic heterocycles. The summed E-state index contributed by atoms with van der Waals surface area (Å²) < 4.78 is 5.00. The first-order valence-electron chi connectivity index (χ1n) is 6.07. The Labute approximate surface area is 125 Å². The third-order valence-electron chi connectivity index (χ3n) is 2.72. The van der Waals surface area contributed by atoms with Gasteiger partial charge in [-0.15, -0.1) is 0 Å². The number of amides is 2. The van der Waals surface area contributed by atoms with E-state index in [0.29, 0.717) is 12.2 Å². The van der Waals surface area contributed by atoms with Gasteiger partial charge in [-0.05, 0) is 34.5 Å². The molecule has 3 N–H and O–H groups in total. The molecular formula is C14H14N2O4S. The molecular weight excluding hydrogens is 292 g/mol. The first-order chi connectivity index (χ1) is 10.1. The van der Waals surface area contributed by atoms with E-state index >= 15 is 0 Å². The van der Waals surface area contributed by atoms with Crippen LogP contribution in [0.15, 0.2) is 35.0 Å². The van der Waals surface area contributed by atoms with E-state index in [-0.39, 0.29) is 17.3 Å². The van der Waals surface area contributed by atoms with Crippen LogP contribution in [0.2, 0.25) is 0 Å². The number of carboxylic acids is 1. The van der Waals surface area contributed by atoms with E-state index in [1.807, 2.05) is 16.8 Å². The minimum atomic E-state index is -1.08. The van der Waals surface area contributed by atoms with Gasteiger partial charge in [0.05, 0.1) is 7.11 Å². The third kappa shape index (κ3) is 3.96. The summed E-state index contributed by atoms with van der Waals surface area (Å²) in [6.45, 7) is 0.430. The first kappa shape index (κ1) is 14.9. The number of hydrogen-bond acceptors (Lipinski definition) is 4. The Morgan fingerprint density at radius 3 is 2.76 bits per heavy atom. The van der Waals surface area contributed by atoms with Gasteiger partial charge < -0.3 is 20.5 Å². The molecule has 0 radical (unpaired) electrons. The van der Waals surface area contributed by atoms with E-state index in [0.717, 1.165) is 5.56 Å². The van der Waals surface area contributed by atoms with Gasteiger partial charge in [-0.25, -0.2) is 9.59 Å². The minimum Gasteiger partial charge on any atom is -0.496 e. The van der Waals surface area contributed by atoms with Gasteiger partial charge in [-0.1, -0.05) is 0 Å². The van der Waals surface area contributed by atoms with Crippen molar-refractivity contribution >= 4 is 29.0 Å². The van der Waals surface area contributed by atoms with Crippen LogP contribution in [0.3, 0.4) is 0 Å². The number of carbonyl (C=O) groups excluding carboxylic acids is 1. The molecule has 0 saturated heterocycles. The van der Waals surface area contributed by atoms with Crippen molar-refractivity contribution in [2.75, 3.05) is 12.4 Å². The number of hydrogen-bond donors (Lipinski definition) is 3. The van der Waals surface area contributed by atoms with E-state index in [2.05, 4.69) is 10.6 Å². The number of urea groups is 1. The summed E-state index contributed by atoms with van der Waals surface area (Å²) in [4.78, 5) is 22.7. The SMILES string of the molecule is COc1cc(NC(=O)NCc2ccsc2)ccc1C(=O)O. The molecule has 6 nitrogen and oxygen atoms in total. The lowest BCUT2D eigenvalue weighted by Crippen LogP contribution is -2.28. The fraction of sp³-hybridized carbons (Fsp3) is 0.143. The number of rotatable bonds is 5. The molecule has 7 heteroatoms. The van der Waals surface area contributed by atoms with Crippen LogP contribution in [-0.2, 0) is 6.54 Å². The van der Waals surface area contributed by atoms with Crippen molar-refractivity contribution in [1.82, 2.24) is 5.32 Å². The molecule has 0 aliphatic carbocycles. The summed E-state index contributed by atoms with van der Waals surface area (Å²) in [5, 5.41) is 18.2. The number of carboxylic acid groups (broad SMARTS) is 1. The van der Waals surface area contributed by atoms with Crippen molar-refractivity contribution < 1.29 is 19.4 Å². The predicted molar refractivity (Wildman–Crippen MR) is 80.1 cm³/mol. The molecule has 0 bridgehead atoms.